The van der Waals surface area contributed by atoms with Crippen LogP contribution in [0.2, 0.25) is 0 Å². The predicted octanol–water partition coefficient (Wildman–Crippen LogP) is 1.37. The number of hydrogen-bond donors (Lipinski definition) is 1. The average molecular weight is 303 g/mol. The minimum absolute atomic E-state index is 0.214. The molecule has 1 N–H and O–H groups in total. The van der Waals surface area contributed by atoms with E-state index in [0.717, 1.165) is 16.9 Å². The summed E-state index contributed by atoms with van der Waals surface area (Å²) in [5.74, 6) is -0.571. The Hall–Kier alpha value is -2.37. The van der Waals surface area contributed by atoms with Gasteiger partial charge in [-0.15, -0.1) is 0 Å². The fourth-order valence-corrected chi connectivity index (χ4v) is 2.41. The smallest absolute Gasteiger partial charge is 0.325 e. The van der Waals surface area contributed by atoms with Gasteiger partial charge in [-0.1, -0.05) is 43.7 Å². The first-order valence-corrected chi connectivity index (χ1v) is 7.42. The van der Waals surface area contributed by atoms with Crippen LogP contribution in [0.5, 0.6) is 0 Å². The summed E-state index contributed by atoms with van der Waals surface area (Å²) < 4.78 is 0. The third-order valence-electron chi connectivity index (χ3n) is 3.67. The van der Waals surface area contributed by atoms with Crippen molar-refractivity contribution in [1.82, 2.24) is 15.1 Å². The molecule has 0 saturated carbocycles. The van der Waals surface area contributed by atoms with Crippen molar-refractivity contribution in [2.75, 3.05) is 13.6 Å². The van der Waals surface area contributed by atoms with Crippen molar-refractivity contribution < 1.29 is 14.4 Å². The zero-order valence-electron chi connectivity index (χ0n) is 12.9. The van der Waals surface area contributed by atoms with Gasteiger partial charge in [-0.05, 0) is 12.0 Å². The van der Waals surface area contributed by atoms with Gasteiger partial charge in [0.05, 0.1) is 0 Å². The minimum Gasteiger partial charge on any atom is -0.340 e. The topological polar surface area (TPSA) is 69.7 Å². The summed E-state index contributed by atoms with van der Waals surface area (Å²) in [6.45, 7) is 2.18. The molecular formula is C16H21N3O3. The number of carbonyl (C=O) groups excluding carboxylic acids is 3. The maximum atomic E-state index is 12.2. The van der Waals surface area contributed by atoms with Crippen molar-refractivity contribution in [1.29, 1.82) is 0 Å². The van der Waals surface area contributed by atoms with E-state index in [1.54, 1.807) is 7.05 Å². The Kier molecular flexibility index (Phi) is 5.14. The van der Waals surface area contributed by atoms with Crippen LogP contribution in [0.1, 0.15) is 25.3 Å². The molecule has 1 aliphatic rings. The summed E-state index contributed by atoms with van der Waals surface area (Å²) in [5.41, 5.74) is 0.999. The van der Waals surface area contributed by atoms with Gasteiger partial charge in [0.2, 0.25) is 5.91 Å². The van der Waals surface area contributed by atoms with E-state index in [2.05, 4.69) is 5.32 Å². The molecule has 0 radical (unpaired) electrons. The zero-order valence-corrected chi connectivity index (χ0v) is 12.9. The van der Waals surface area contributed by atoms with Gasteiger partial charge in [0, 0.05) is 13.6 Å². The molecule has 1 fully saturated rings. The molecule has 1 saturated heterocycles. The van der Waals surface area contributed by atoms with E-state index in [1.807, 2.05) is 37.3 Å². The van der Waals surface area contributed by atoms with Crippen molar-refractivity contribution in [2.45, 2.75) is 32.4 Å². The monoisotopic (exact) mass is 303 g/mol. The fourth-order valence-electron chi connectivity index (χ4n) is 2.41. The molecule has 2 rings (SSSR count). The molecule has 0 aromatic heterocycles. The van der Waals surface area contributed by atoms with Gasteiger partial charge in [-0.25, -0.2) is 4.79 Å². The summed E-state index contributed by atoms with van der Waals surface area (Å²) in [5, 5.41) is 2.62. The molecule has 1 atom stereocenters. The van der Waals surface area contributed by atoms with Crippen LogP contribution in [-0.2, 0) is 16.1 Å². The van der Waals surface area contributed by atoms with Crippen LogP contribution < -0.4 is 5.32 Å². The number of carbonyl (C=O) groups is 3. The number of hydrogen-bond acceptors (Lipinski definition) is 3. The summed E-state index contributed by atoms with van der Waals surface area (Å²) in [4.78, 5) is 38.6. The number of benzene rings is 1. The van der Waals surface area contributed by atoms with Gasteiger partial charge in [0.25, 0.3) is 5.91 Å². The van der Waals surface area contributed by atoms with Crippen LogP contribution in [-0.4, -0.2) is 47.3 Å². The standard InChI is InChI=1S/C16H21N3O3/c1-3-7-13-15(21)19(16(22)17-13)11-14(20)18(2)10-12-8-5-4-6-9-12/h4-6,8-9,13H,3,7,10-11H2,1-2H3,(H,17,22)/t13-/m0/s1. The van der Waals surface area contributed by atoms with Crippen LogP contribution in [0.25, 0.3) is 0 Å². The second kappa shape index (κ2) is 7.06. The number of likely N-dealkylation sites (N-methyl/N-ethyl adjacent to an activating group) is 1. The Morgan fingerprint density at radius 1 is 1.27 bits per heavy atom. The van der Waals surface area contributed by atoms with E-state index >= 15 is 0 Å². The predicted molar refractivity (Wildman–Crippen MR) is 81.9 cm³/mol. The Balaban J connectivity index is 1.93. The van der Waals surface area contributed by atoms with Crippen LogP contribution in [0.3, 0.4) is 0 Å². The number of nitrogens with one attached hydrogen (secondary N) is 1. The maximum absolute atomic E-state index is 12.2. The van der Waals surface area contributed by atoms with E-state index < -0.39 is 12.1 Å². The lowest BCUT2D eigenvalue weighted by molar-refractivity contribution is -0.136. The Bertz CT molecular complexity index is 559. The molecule has 0 bridgehead atoms. The number of nitrogens with zero attached hydrogens (tertiary/aromatic N) is 2. The minimum atomic E-state index is -0.496. The van der Waals surface area contributed by atoms with Crippen molar-refractivity contribution in [3.05, 3.63) is 35.9 Å². The lowest BCUT2D eigenvalue weighted by atomic mass is 10.2. The largest absolute Gasteiger partial charge is 0.340 e. The summed E-state index contributed by atoms with van der Waals surface area (Å²) in [7, 11) is 1.66. The van der Waals surface area contributed by atoms with E-state index in [-0.39, 0.29) is 18.4 Å². The highest BCUT2D eigenvalue weighted by Crippen LogP contribution is 2.12. The summed E-state index contributed by atoms with van der Waals surface area (Å²) in [6.07, 6.45) is 1.39. The molecule has 1 heterocycles. The molecule has 6 nitrogen and oxygen atoms in total. The van der Waals surface area contributed by atoms with Crippen molar-refractivity contribution in [2.24, 2.45) is 0 Å². The van der Waals surface area contributed by atoms with Gasteiger partial charge in [0.1, 0.15) is 12.6 Å². The van der Waals surface area contributed by atoms with Crippen LogP contribution >= 0.6 is 0 Å². The first kappa shape index (κ1) is 16.0. The normalized spacial score (nSPS) is 17.5. The summed E-state index contributed by atoms with van der Waals surface area (Å²) in [6, 6.07) is 8.59. The number of imide groups is 1. The molecular weight excluding hydrogens is 282 g/mol. The average Bonchev–Trinajstić information content (AvgIpc) is 2.76. The van der Waals surface area contributed by atoms with Crippen molar-refractivity contribution in [3.8, 4) is 0 Å². The molecule has 22 heavy (non-hydrogen) atoms. The highest BCUT2D eigenvalue weighted by molar-refractivity contribution is 6.06. The van der Waals surface area contributed by atoms with Gasteiger partial charge in [-0.3, -0.25) is 14.5 Å². The lowest BCUT2D eigenvalue weighted by Crippen LogP contribution is -2.41. The molecule has 1 aromatic carbocycles. The van der Waals surface area contributed by atoms with Gasteiger partial charge in [0.15, 0.2) is 0 Å². The van der Waals surface area contributed by atoms with E-state index in [0.29, 0.717) is 13.0 Å². The Morgan fingerprint density at radius 2 is 1.95 bits per heavy atom. The first-order valence-electron chi connectivity index (χ1n) is 7.42. The highest BCUT2D eigenvalue weighted by atomic mass is 16.2. The first-order chi connectivity index (χ1) is 10.5. The molecule has 6 heteroatoms. The third-order valence-corrected chi connectivity index (χ3v) is 3.67. The van der Waals surface area contributed by atoms with Gasteiger partial charge in [-0.2, -0.15) is 0 Å². The molecule has 0 spiro atoms. The molecule has 0 unspecified atom stereocenters. The summed E-state index contributed by atoms with van der Waals surface area (Å²) >= 11 is 0. The van der Waals surface area contributed by atoms with Crippen molar-refractivity contribution in [3.63, 3.8) is 0 Å². The molecule has 1 aromatic rings. The second-order valence-electron chi connectivity index (χ2n) is 5.45. The van der Waals surface area contributed by atoms with Crippen molar-refractivity contribution >= 4 is 17.8 Å². The van der Waals surface area contributed by atoms with Gasteiger partial charge < -0.3 is 10.2 Å². The lowest BCUT2D eigenvalue weighted by Gasteiger charge is -2.20. The molecule has 1 aliphatic heterocycles. The van der Waals surface area contributed by atoms with Crippen LogP contribution in [0.15, 0.2) is 30.3 Å². The van der Waals surface area contributed by atoms with Crippen LogP contribution in [0, 0.1) is 0 Å². The quantitative estimate of drug-likeness (QED) is 0.807. The Labute approximate surface area is 130 Å². The maximum Gasteiger partial charge on any atom is 0.325 e. The number of rotatable bonds is 6. The second-order valence-corrected chi connectivity index (χ2v) is 5.45. The molecule has 0 aliphatic carbocycles. The van der Waals surface area contributed by atoms with E-state index in [9.17, 15) is 14.4 Å². The third kappa shape index (κ3) is 3.63. The van der Waals surface area contributed by atoms with Gasteiger partial charge >= 0.3 is 6.03 Å². The highest BCUT2D eigenvalue weighted by Gasteiger charge is 2.38. The molecule has 4 amide bonds. The van der Waals surface area contributed by atoms with E-state index in [1.165, 1.54) is 4.90 Å². The van der Waals surface area contributed by atoms with E-state index in [4.69, 9.17) is 0 Å². The molecule has 118 valence electrons. The zero-order chi connectivity index (χ0) is 16.1. The fraction of sp³-hybridized carbons (Fsp3) is 0.438. The number of urea groups is 1. The SMILES string of the molecule is CCC[C@@H]1NC(=O)N(CC(=O)N(C)Cc2ccccc2)C1=O. The number of amides is 4. The van der Waals surface area contributed by atoms with Crippen LogP contribution in [0.4, 0.5) is 4.79 Å². The Morgan fingerprint density at radius 3 is 2.59 bits per heavy atom.